The van der Waals surface area contributed by atoms with Crippen LogP contribution in [-0.4, -0.2) is 26.5 Å². The molecular weight excluding hydrogens is 264 g/mol. The third kappa shape index (κ3) is 2.79. The molecule has 0 atom stereocenters. The van der Waals surface area contributed by atoms with Crippen LogP contribution in [0.4, 0.5) is 11.5 Å². The van der Waals surface area contributed by atoms with Gasteiger partial charge in [-0.2, -0.15) is 0 Å². The lowest BCUT2D eigenvalue weighted by Gasteiger charge is -2.23. The Morgan fingerprint density at radius 3 is 2.95 bits per heavy atom. The first-order valence-corrected chi connectivity index (χ1v) is 7.01. The summed E-state index contributed by atoms with van der Waals surface area (Å²) in [4.78, 5) is 18.1. The van der Waals surface area contributed by atoms with Crippen LogP contribution >= 0.6 is 0 Å². The van der Waals surface area contributed by atoms with Crippen LogP contribution in [0.15, 0.2) is 36.9 Å². The molecule has 3 N–H and O–H groups in total. The van der Waals surface area contributed by atoms with Gasteiger partial charge in [-0.3, -0.25) is 0 Å². The normalized spacial score (nSPS) is 10.9. The van der Waals surface area contributed by atoms with Gasteiger partial charge in [-0.05, 0) is 24.1 Å². The summed E-state index contributed by atoms with van der Waals surface area (Å²) in [6.07, 6.45) is 4.23. The number of hydrogen-bond donors (Lipinski definition) is 2. The molecule has 3 aromatic rings. The third-order valence-electron chi connectivity index (χ3n) is 3.32. The zero-order valence-electron chi connectivity index (χ0n) is 12.0. The zero-order chi connectivity index (χ0) is 14.7. The lowest BCUT2D eigenvalue weighted by Crippen LogP contribution is -2.25. The van der Waals surface area contributed by atoms with Crippen LogP contribution in [0.2, 0.25) is 0 Å². The van der Waals surface area contributed by atoms with Gasteiger partial charge in [-0.15, -0.1) is 0 Å². The van der Waals surface area contributed by atoms with E-state index >= 15 is 0 Å². The molecule has 0 amide bonds. The number of nitrogens with two attached hydrogens (primary N) is 1. The summed E-state index contributed by atoms with van der Waals surface area (Å²) in [7, 11) is 0. The molecule has 0 spiro atoms. The Morgan fingerprint density at radius 2 is 2.14 bits per heavy atom. The molecule has 0 aliphatic rings. The predicted octanol–water partition coefficient (Wildman–Crippen LogP) is 2.35. The van der Waals surface area contributed by atoms with E-state index in [4.69, 9.17) is 5.73 Å². The number of nitrogens with one attached hydrogen (secondary N) is 1. The van der Waals surface area contributed by atoms with Crippen molar-refractivity contribution in [1.82, 2.24) is 19.9 Å². The van der Waals surface area contributed by atoms with Crippen molar-refractivity contribution in [2.45, 2.75) is 19.9 Å². The molecule has 0 fully saturated rings. The zero-order valence-corrected chi connectivity index (χ0v) is 12.0. The highest BCUT2D eigenvalue weighted by atomic mass is 15.2. The minimum absolute atomic E-state index is 0.689. The van der Waals surface area contributed by atoms with Gasteiger partial charge in [0.05, 0.1) is 6.33 Å². The molecule has 0 aliphatic heterocycles. The predicted molar refractivity (Wildman–Crippen MR) is 83.9 cm³/mol. The highest BCUT2D eigenvalue weighted by molar-refractivity contribution is 5.82. The number of H-pyrrole nitrogens is 1. The van der Waals surface area contributed by atoms with Gasteiger partial charge < -0.3 is 15.6 Å². The van der Waals surface area contributed by atoms with E-state index in [1.165, 1.54) is 0 Å². The van der Waals surface area contributed by atoms with Gasteiger partial charge in [0.25, 0.3) is 0 Å². The summed E-state index contributed by atoms with van der Waals surface area (Å²) >= 11 is 0. The van der Waals surface area contributed by atoms with Gasteiger partial charge in [0, 0.05) is 18.8 Å². The number of anilines is 2. The van der Waals surface area contributed by atoms with Crippen molar-refractivity contribution in [3.63, 3.8) is 0 Å². The van der Waals surface area contributed by atoms with Crippen LogP contribution < -0.4 is 10.6 Å². The Morgan fingerprint density at radius 1 is 1.24 bits per heavy atom. The number of aromatic amines is 1. The minimum Gasteiger partial charge on any atom is -0.399 e. The maximum Gasteiger partial charge on any atom is 0.182 e. The second-order valence-electron chi connectivity index (χ2n) is 4.97. The fourth-order valence-electron chi connectivity index (χ4n) is 2.43. The van der Waals surface area contributed by atoms with Gasteiger partial charge in [0.1, 0.15) is 11.8 Å². The van der Waals surface area contributed by atoms with E-state index in [0.29, 0.717) is 5.65 Å². The van der Waals surface area contributed by atoms with Crippen LogP contribution in [0.5, 0.6) is 0 Å². The van der Waals surface area contributed by atoms with Crippen molar-refractivity contribution < 1.29 is 0 Å². The Hall–Kier alpha value is -2.63. The Kier molecular flexibility index (Phi) is 3.68. The van der Waals surface area contributed by atoms with E-state index in [1.54, 1.807) is 12.7 Å². The molecule has 6 nitrogen and oxygen atoms in total. The quantitative estimate of drug-likeness (QED) is 0.702. The van der Waals surface area contributed by atoms with Crippen LogP contribution in [-0.2, 0) is 6.54 Å². The number of imidazole rings is 1. The number of fused-ring (bicyclic) bond motifs is 1. The molecule has 0 aliphatic carbocycles. The molecule has 2 heterocycles. The third-order valence-corrected chi connectivity index (χ3v) is 3.32. The van der Waals surface area contributed by atoms with Crippen LogP contribution in [0.1, 0.15) is 18.9 Å². The van der Waals surface area contributed by atoms with Crippen molar-refractivity contribution in [3.05, 3.63) is 42.5 Å². The number of rotatable bonds is 5. The summed E-state index contributed by atoms with van der Waals surface area (Å²) in [6, 6.07) is 7.93. The molecule has 0 unspecified atom stereocenters. The molecule has 21 heavy (non-hydrogen) atoms. The molecule has 1 aromatic carbocycles. The largest absolute Gasteiger partial charge is 0.399 e. The highest BCUT2D eigenvalue weighted by Crippen LogP contribution is 2.22. The molecule has 0 bridgehead atoms. The average Bonchev–Trinajstić information content (AvgIpc) is 2.95. The maximum absolute atomic E-state index is 5.86. The van der Waals surface area contributed by atoms with E-state index in [0.717, 1.165) is 42.1 Å². The van der Waals surface area contributed by atoms with E-state index in [9.17, 15) is 0 Å². The number of aromatic nitrogens is 4. The topological polar surface area (TPSA) is 83.7 Å². The maximum atomic E-state index is 5.86. The summed E-state index contributed by atoms with van der Waals surface area (Å²) in [5.74, 6) is 0.877. The number of nitrogens with zero attached hydrogens (tertiary/aromatic N) is 4. The number of hydrogen-bond acceptors (Lipinski definition) is 5. The second kappa shape index (κ2) is 5.78. The molecule has 108 valence electrons. The minimum atomic E-state index is 0.689. The Bertz CT molecular complexity index is 736. The van der Waals surface area contributed by atoms with Gasteiger partial charge >= 0.3 is 0 Å². The van der Waals surface area contributed by atoms with Gasteiger partial charge in [-0.1, -0.05) is 19.1 Å². The first-order chi connectivity index (χ1) is 10.3. The van der Waals surface area contributed by atoms with Crippen LogP contribution in [0, 0.1) is 0 Å². The smallest absolute Gasteiger partial charge is 0.182 e. The van der Waals surface area contributed by atoms with Crippen molar-refractivity contribution in [1.29, 1.82) is 0 Å². The van der Waals surface area contributed by atoms with E-state index in [2.05, 4.69) is 37.8 Å². The standard InChI is InChI=1S/C15H18N6/c1-2-6-21(8-11-4-3-5-12(16)7-11)15-13-14(18-9-17-13)19-10-20-15/h3-5,7,9-10H,2,6,8,16H2,1H3,(H,17,18,19,20). The first kappa shape index (κ1) is 13.4. The number of benzene rings is 1. The summed E-state index contributed by atoms with van der Waals surface area (Å²) < 4.78 is 0. The van der Waals surface area contributed by atoms with Crippen molar-refractivity contribution in [2.24, 2.45) is 0 Å². The van der Waals surface area contributed by atoms with Gasteiger partial charge in [0.2, 0.25) is 0 Å². The molecule has 0 saturated carbocycles. The van der Waals surface area contributed by atoms with Gasteiger partial charge in [-0.25, -0.2) is 15.0 Å². The van der Waals surface area contributed by atoms with Crippen molar-refractivity contribution in [3.8, 4) is 0 Å². The fourth-order valence-corrected chi connectivity index (χ4v) is 2.43. The lowest BCUT2D eigenvalue weighted by molar-refractivity contribution is 0.756. The molecule has 3 rings (SSSR count). The molecule has 0 radical (unpaired) electrons. The lowest BCUT2D eigenvalue weighted by atomic mass is 10.2. The summed E-state index contributed by atoms with van der Waals surface area (Å²) in [5.41, 5.74) is 9.36. The van der Waals surface area contributed by atoms with Crippen molar-refractivity contribution >= 4 is 22.7 Å². The van der Waals surface area contributed by atoms with Gasteiger partial charge in [0.15, 0.2) is 11.5 Å². The fraction of sp³-hybridized carbons (Fsp3) is 0.267. The van der Waals surface area contributed by atoms with Crippen molar-refractivity contribution in [2.75, 3.05) is 17.2 Å². The highest BCUT2D eigenvalue weighted by Gasteiger charge is 2.13. The SMILES string of the molecule is CCCN(Cc1cccc(N)c1)c1ncnc2nc[nH]c12. The molecule has 0 saturated heterocycles. The molecule has 2 aromatic heterocycles. The van der Waals surface area contributed by atoms with E-state index in [1.807, 2.05) is 18.2 Å². The average molecular weight is 282 g/mol. The van der Waals surface area contributed by atoms with Crippen LogP contribution in [0.3, 0.4) is 0 Å². The second-order valence-corrected chi connectivity index (χ2v) is 4.97. The Balaban J connectivity index is 1.96. The number of nitrogen functional groups attached to an aromatic ring is 1. The summed E-state index contributed by atoms with van der Waals surface area (Å²) in [5, 5.41) is 0. The molecular formula is C15H18N6. The van der Waals surface area contributed by atoms with Crippen LogP contribution in [0.25, 0.3) is 11.2 Å². The summed E-state index contributed by atoms with van der Waals surface area (Å²) in [6.45, 7) is 3.81. The Labute approximate surface area is 123 Å². The first-order valence-electron chi connectivity index (χ1n) is 7.01. The van der Waals surface area contributed by atoms with E-state index in [-0.39, 0.29) is 0 Å². The molecule has 6 heteroatoms. The monoisotopic (exact) mass is 282 g/mol. The van der Waals surface area contributed by atoms with E-state index < -0.39 is 0 Å².